The van der Waals surface area contributed by atoms with Gasteiger partial charge in [0.05, 0.1) is 13.0 Å². The van der Waals surface area contributed by atoms with Crippen LogP contribution in [0.15, 0.2) is 54.7 Å². The molecular formula is C25H20F3NO4. The van der Waals surface area contributed by atoms with Gasteiger partial charge in [-0.2, -0.15) is 13.2 Å². The highest BCUT2D eigenvalue weighted by molar-refractivity contribution is 5.72. The summed E-state index contributed by atoms with van der Waals surface area (Å²) in [6.07, 6.45) is -2.48. The maximum Gasteiger partial charge on any atom is 0.433 e. The fraction of sp³-hybridized carbons (Fsp3) is 0.280. The second kappa shape index (κ2) is 8.10. The third kappa shape index (κ3) is 4.01. The Hall–Kier alpha value is -3.55. The second-order valence-electron chi connectivity index (χ2n) is 8.22. The van der Waals surface area contributed by atoms with Crippen LogP contribution in [0.2, 0.25) is 0 Å². The van der Waals surface area contributed by atoms with Crippen molar-refractivity contribution in [3.63, 3.8) is 0 Å². The number of ether oxygens (including phenoxy) is 2. The number of aliphatic carboxylic acids is 1. The highest BCUT2D eigenvalue weighted by Crippen LogP contribution is 2.44. The van der Waals surface area contributed by atoms with Crippen molar-refractivity contribution in [3.05, 3.63) is 77.1 Å². The van der Waals surface area contributed by atoms with Crippen molar-refractivity contribution in [1.82, 2.24) is 4.98 Å². The first-order valence-corrected chi connectivity index (χ1v) is 10.6. The summed E-state index contributed by atoms with van der Waals surface area (Å²) in [5.41, 5.74) is 2.23. The van der Waals surface area contributed by atoms with Gasteiger partial charge in [-0.15, -0.1) is 0 Å². The quantitative estimate of drug-likeness (QED) is 0.528. The molecule has 1 aliphatic carbocycles. The van der Waals surface area contributed by atoms with Gasteiger partial charge in [-0.3, -0.25) is 9.78 Å². The first-order chi connectivity index (χ1) is 15.8. The van der Waals surface area contributed by atoms with Crippen molar-refractivity contribution in [2.45, 2.75) is 37.5 Å². The van der Waals surface area contributed by atoms with Gasteiger partial charge in [0.15, 0.2) is 5.69 Å². The van der Waals surface area contributed by atoms with E-state index in [2.05, 4.69) is 4.98 Å². The van der Waals surface area contributed by atoms with Gasteiger partial charge < -0.3 is 14.6 Å². The summed E-state index contributed by atoms with van der Waals surface area (Å²) in [5.74, 6) is 0.113. The molecule has 2 atom stereocenters. The molecule has 1 aromatic heterocycles. The number of hydrogen-bond acceptors (Lipinski definition) is 4. The lowest BCUT2D eigenvalue weighted by Crippen LogP contribution is -2.10. The van der Waals surface area contributed by atoms with E-state index in [9.17, 15) is 18.0 Å². The molecule has 3 aromatic rings. The van der Waals surface area contributed by atoms with Gasteiger partial charge in [0.1, 0.15) is 17.6 Å². The van der Waals surface area contributed by atoms with E-state index < -0.39 is 17.8 Å². The molecule has 0 saturated carbocycles. The molecule has 5 rings (SSSR count). The Bertz CT molecular complexity index is 1220. The molecule has 0 spiro atoms. The van der Waals surface area contributed by atoms with E-state index in [4.69, 9.17) is 14.6 Å². The predicted molar refractivity (Wildman–Crippen MR) is 113 cm³/mol. The number of carbonyl (C=O) groups is 1. The minimum atomic E-state index is -4.54. The monoisotopic (exact) mass is 455 g/mol. The van der Waals surface area contributed by atoms with Gasteiger partial charge in [-0.25, -0.2) is 0 Å². The molecule has 1 unspecified atom stereocenters. The molecule has 0 amide bonds. The summed E-state index contributed by atoms with van der Waals surface area (Å²) in [6.45, 7) is 0.313. The zero-order valence-electron chi connectivity index (χ0n) is 17.4. The third-order valence-electron chi connectivity index (χ3n) is 6.15. The number of carboxylic acids is 1. The molecular weight excluding hydrogens is 435 g/mol. The van der Waals surface area contributed by atoms with Crippen molar-refractivity contribution >= 4 is 5.97 Å². The fourth-order valence-electron chi connectivity index (χ4n) is 4.71. The Labute approximate surface area is 187 Å². The van der Waals surface area contributed by atoms with Crippen LogP contribution in [-0.4, -0.2) is 22.7 Å². The molecule has 2 heterocycles. The van der Waals surface area contributed by atoms with E-state index in [1.165, 1.54) is 12.1 Å². The first kappa shape index (κ1) is 21.3. The Morgan fingerprint density at radius 1 is 1.12 bits per heavy atom. The Morgan fingerprint density at radius 2 is 1.94 bits per heavy atom. The number of nitrogens with zero attached hydrogens (tertiary/aromatic N) is 1. The number of benzene rings is 2. The van der Waals surface area contributed by atoms with Crippen LogP contribution in [0.5, 0.6) is 11.5 Å². The number of alkyl halides is 3. The van der Waals surface area contributed by atoms with Crippen LogP contribution in [-0.2, 0) is 17.4 Å². The molecule has 0 fully saturated rings. The van der Waals surface area contributed by atoms with E-state index >= 15 is 0 Å². The smallest absolute Gasteiger partial charge is 0.433 e. The van der Waals surface area contributed by atoms with E-state index in [-0.39, 0.29) is 24.0 Å². The largest absolute Gasteiger partial charge is 0.492 e. The summed E-state index contributed by atoms with van der Waals surface area (Å²) in [7, 11) is 0. The lowest BCUT2D eigenvalue weighted by Gasteiger charge is -2.17. The molecule has 8 heteroatoms. The van der Waals surface area contributed by atoms with Crippen molar-refractivity contribution in [1.29, 1.82) is 0 Å². The molecule has 170 valence electrons. The average molecular weight is 455 g/mol. The number of fused-ring (bicyclic) bond motifs is 2. The van der Waals surface area contributed by atoms with E-state index in [1.54, 1.807) is 24.3 Å². The average Bonchev–Trinajstić information content (AvgIpc) is 3.37. The van der Waals surface area contributed by atoms with E-state index in [0.717, 1.165) is 22.9 Å². The molecule has 5 nitrogen and oxygen atoms in total. The Morgan fingerprint density at radius 3 is 2.73 bits per heavy atom. The summed E-state index contributed by atoms with van der Waals surface area (Å²) in [5, 5.41) is 9.06. The lowest BCUT2D eigenvalue weighted by atomic mass is 9.95. The van der Waals surface area contributed by atoms with Gasteiger partial charge >= 0.3 is 12.1 Å². The Balaban J connectivity index is 1.42. The first-order valence-electron chi connectivity index (χ1n) is 10.6. The highest BCUT2D eigenvalue weighted by atomic mass is 19.4. The maximum absolute atomic E-state index is 13.5. The van der Waals surface area contributed by atoms with Crippen LogP contribution in [0.25, 0.3) is 11.1 Å². The highest BCUT2D eigenvalue weighted by Gasteiger charge is 2.37. The molecule has 33 heavy (non-hydrogen) atoms. The van der Waals surface area contributed by atoms with Gasteiger partial charge in [-0.1, -0.05) is 30.3 Å². The summed E-state index contributed by atoms with van der Waals surface area (Å²) < 4.78 is 52.4. The third-order valence-corrected chi connectivity index (χ3v) is 6.15. The van der Waals surface area contributed by atoms with Crippen LogP contribution in [0.3, 0.4) is 0 Å². The van der Waals surface area contributed by atoms with Gasteiger partial charge in [0.25, 0.3) is 0 Å². The SMILES string of the molecule is O=C(O)CC1COc2cc(O[C@@H]3CCc4c(-c5cccnc5C(F)(F)F)cccc43)ccc21. The molecule has 1 N–H and O–H groups in total. The number of hydrogen-bond donors (Lipinski definition) is 1. The minimum absolute atomic E-state index is 0.000236. The maximum atomic E-state index is 13.5. The normalized spacial score (nSPS) is 19.0. The topological polar surface area (TPSA) is 68.7 Å². The van der Waals surface area contributed by atoms with Crippen LogP contribution in [0.1, 0.15) is 47.2 Å². The summed E-state index contributed by atoms with van der Waals surface area (Å²) in [4.78, 5) is 14.6. The Kier molecular flexibility index (Phi) is 5.23. The lowest BCUT2D eigenvalue weighted by molar-refractivity contribution is -0.140. The molecule has 2 aliphatic rings. The number of pyridine rings is 1. The van der Waals surface area contributed by atoms with E-state index in [1.807, 2.05) is 12.1 Å². The molecule has 0 radical (unpaired) electrons. The number of carboxylic acid groups (broad SMARTS) is 1. The van der Waals surface area contributed by atoms with Crippen molar-refractivity contribution < 1.29 is 32.5 Å². The predicted octanol–water partition coefficient (Wildman–Crippen LogP) is 5.78. The number of halogens is 3. The molecule has 1 aliphatic heterocycles. The van der Waals surface area contributed by atoms with Gasteiger partial charge in [0.2, 0.25) is 0 Å². The standard InChI is InChI=1S/C25H20F3NO4/c26-25(27,28)24-20(5-2-10-29-24)17-3-1-4-19-18(17)8-9-21(19)33-15-6-7-16-14(11-23(30)31)13-32-22(16)12-15/h1-7,10,12,14,21H,8-9,11,13H2,(H,30,31)/t14?,21-/m1/s1. The number of aromatic nitrogens is 1. The van der Waals surface area contributed by atoms with Gasteiger partial charge in [-0.05, 0) is 41.7 Å². The number of rotatable bonds is 5. The molecule has 0 saturated heterocycles. The van der Waals surface area contributed by atoms with E-state index in [0.29, 0.717) is 36.5 Å². The van der Waals surface area contributed by atoms with Crippen molar-refractivity contribution in [2.24, 2.45) is 0 Å². The second-order valence-corrected chi connectivity index (χ2v) is 8.22. The van der Waals surface area contributed by atoms with Crippen LogP contribution < -0.4 is 9.47 Å². The van der Waals surface area contributed by atoms with Crippen molar-refractivity contribution in [3.8, 4) is 22.6 Å². The fourth-order valence-corrected chi connectivity index (χ4v) is 4.71. The van der Waals surface area contributed by atoms with Crippen molar-refractivity contribution in [2.75, 3.05) is 6.61 Å². The summed E-state index contributed by atoms with van der Waals surface area (Å²) >= 11 is 0. The van der Waals surface area contributed by atoms with Crippen LogP contribution in [0.4, 0.5) is 13.2 Å². The zero-order valence-corrected chi connectivity index (χ0v) is 17.4. The van der Waals surface area contributed by atoms with Crippen LogP contribution >= 0.6 is 0 Å². The summed E-state index contributed by atoms with van der Waals surface area (Å²) in [6, 6.07) is 13.6. The van der Waals surface area contributed by atoms with Crippen LogP contribution in [0, 0.1) is 0 Å². The molecule has 0 bridgehead atoms. The van der Waals surface area contributed by atoms with Gasteiger partial charge in [0, 0.05) is 29.3 Å². The zero-order chi connectivity index (χ0) is 23.2. The molecule has 2 aromatic carbocycles. The minimum Gasteiger partial charge on any atom is -0.492 e.